The first-order valence-corrected chi connectivity index (χ1v) is 16.6. The molecule has 6 nitrogen and oxygen atoms in total. The zero-order valence-corrected chi connectivity index (χ0v) is 29.4. The molecule has 14 heteroatoms. The minimum Gasteiger partial charge on any atom is -0.481 e. The molecule has 0 aliphatic rings. The van der Waals surface area contributed by atoms with E-state index in [-0.39, 0.29) is 26.5 Å². The molecule has 0 saturated carbocycles. The largest absolute Gasteiger partial charge is 0.481 e. The van der Waals surface area contributed by atoms with E-state index in [9.17, 15) is 30.0 Å². The summed E-state index contributed by atoms with van der Waals surface area (Å²) in [5.41, 5.74) is 6.76. The van der Waals surface area contributed by atoms with Crippen LogP contribution in [0, 0.1) is 12.1 Å². The van der Waals surface area contributed by atoms with Crippen LogP contribution in [0.25, 0.3) is 33.9 Å². The molecule has 0 amide bonds. The number of hydrogen-bond donors (Lipinski definition) is 1. The summed E-state index contributed by atoms with van der Waals surface area (Å²) in [6.07, 6.45) is 8.62. The second-order valence-corrected chi connectivity index (χ2v) is 11.9. The number of benzene rings is 2. The van der Waals surface area contributed by atoms with E-state index in [2.05, 4.69) is 32.1 Å². The SMILES string of the molecule is F[P-](F)(F)(F)(F)F.O=C(O)CCCc1ccnc(-c2ccccn2)c1.[Ir].[c]1ccccc1-c1ccccn1.[c]1ccccc1-c1ccccn1. The number of halogens is 6. The minimum absolute atomic E-state index is 0. The zero-order chi connectivity index (χ0) is 35.7. The Morgan fingerprint density at radius 3 is 1.38 bits per heavy atom. The summed E-state index contributed by atoms with van der Waals surface area (Å²) >= 11 is 0. The van der Waals surface area contributed by atoms with Crippen molar-refractivity contribution >= 4 is 13.8 Å². The number of rotatable bonds is 7. The smallest absolute Gasteiger partial charge is 0.303 e. The molecule has 0 atom stereocenters. The first kappa shape index (κ1) is 41.3. The molecule has 0 aliphatic carbocycles. The number of pyridine rings is 4. The molecule has 3 radical (unpaired) electrons. The molecule has 263 valence electrons. The van der Waals surface area contributed by atoms with Gasteiger partial charge in [0.05, 0.1) is 22.8 Å². The van der Waals surface area contributed by atoms with Crippen LogP contribution in [0.3, 0.4) is 0 Å². The van der Waals surface area contributed by atoms with Gasteiger partial charge in [-0.2, -0.15) is 0 Å². The number of aryl methyl sites for hydroxylation is 1. The Balaban J connectivity index is 0.000000241. The maximum Gasteiger partial charge on any atom is 0.303 e. The fourth-order valence-electron chi connectivity index (χ4n) is 3.88. The Labute approximate surface area is 298 Å². The van der Waals surface area contributed by atoms with Crippen molar-refractivity contribution in [3.05, 3.63) is 158 Å². The molecule has 4 aromatic heterocycles. The van der Waals surface area contributed by atoms with Gasteiger partial charge in [-0.3, -0.25) is 24.7 Å². The molecule has 0 spiro atoms. The Morgan fingerprint density at radius 2 is 1.00 bits per heavy atom. The van der Waals surface area contributed by atoms with Crippen molar-refractivity contribution in [3.8, 4) is 33.9 Å². The van der Waals surface area contributed by atoms with E-state index in [0.717, 1.165) is 45.9 Å². The van der Waals surface area contributed by atoms with Gasteiger partial charge in [0.2, 0.25) is 0 Å². The minimum atomic E-state index is -10.7. The first-order chi connectivity index (χ1) is 23.1. The van der Waals surface area contributed by atoms with Crippen molar-refractivity contribution in [1.82, 2.24) is 19.9 Å². The van der Waals surface area contributed by atoms with Crippen LogP contribution in [0.2, 0.25) is 0 Å². The van der Waals surface area contributed by atoms with E-state index in [1.54, 1.807) is 24.8 Å². The van der Waals surface area contributed by atoms with E-state index in [1.807, 2.05) is 115 Å². The predicted molar refractivity (Wildman–Crippen MR) is 179 cm³/mol. The topological polar surface area (TPSA) is 88.9 Å². The third kappa shape index (κ3) is 19.2. The van der Waals surface area contributed by atoms with Gasteiger partial charge in [-0.05, 0) is 79.1 Å². The number of carbonyl (C=O) groups is 1. The zero-order valence-electron chi connectivity index (χ0n) is 26.1. The molecule has 4 heterocycles. The summed E-state index contributed by atoms with van der Waals surface area (Å²) in [6, 6.07) is 43.2. The molecular formula is C36H30F6IrN4O2P-. The summed E-state index contributed by atoms with van der Waals surface area (Å²) < 4.78 is 59.2. The molecule has 2 aromatic carbocycles. The average molecular weight is 888 g/mol. The Kier molecular flexibility index (Phi) is 15.5. The van der Waals surface area contributed by atoms with Crippen LogP contribution in [0.4, 0.5) is 25.2 Å². The van der Waals surface area contributed by atoms with Gasteiger partial charge < -0.3 is 5.11 Å². The number of hydrogen-bond acceptors (Lipinski definition) is 5. The van der Waals surface area contributed by atoms with E-state index < -0.39 is 13.8 Å². The first-order valence-electron chi connectivity index (χ1n) is 14.5. The monoisotopic (exact) mass is 888 g/mol. The van der Waals surface area contributed by atoms with Crippen LogP contribution in [-0.4, -0.2) is 31.0 Å². The van der Waals surface area contributed by atoms with Crippen LogP contribution >= 0.6 is 7.81 Å². The van der Waals surface area contributed by atoms with Crippen LogP contribution < -0.4 is 0 Å². The molecule has 1 N–H and O–H groups in total. The van der Waals surface area contributed by atoms with Crippen molar-refractivity contribution in [2.45, 2.75) is 19.3 Å². The predicted octanol–water partition coefficient (Wildman–Crippen LogP) is 11.0. The van der Waals surface area contributed by atoms with Gasteiger partial charge in [-0.25, -0.2) is 0 Å². The Bertz CT molecular complexity index is 1690. The van der Waals surface area contributed by atoms with E-state index in [1.165, 1.54) is 0 Å². The van der Waals surface area contributed by atoms with E-state index in [4.69, 9.17) is 5.11 Å². The van der Waals surface area contributed by atoms with Crippen molar-refractivity contribution in [2.75, 3.05) is 0 Å². The standard InChI is InChI=1S/C14H14N2O2.2C11H8N.F6P.Ir/c17-14(18)6-3-4-11-7-9-16-13(10-11)12-5-1-2-8-15-12;2*1-2-6-10(7-3-1)11-8-4-5-9-12-11;1-7(2,3,4,5)6;/h1-2,5,7-10H,3-4,6H2,(H,17,18);2*1-6,8-9H;;/q;;;-1;. The van der Waals surface area contributed by atoms with Crippen LogP contribution in [0.1, 0.15) is 18.4 Å². The van der Waals surface area contributed by atoms with Gasteiger partial charge in [0.25, 0.3) is 0 Å². The molecule has 0 aliphatic heterocycles. The van der Waals surface area contributed by atoms with E-state index in [0.29, 0.717) is 6.42 Å². The number of carboxylic acids is 1. The van der Waals surface area contributed by atoms with Gasteiger partial charge >= 0.3 is 39.0 Å². The van der Waals surface area contributed by atoms with Gasteiger partial charge in [-0.15, -0.1) is 0 Å². The number of nitrogens with zero attached hydrogens (tertiary/aromatic N) is 4. The maximum absolute atomic E-state index is 10.7. The number of carboxylic acid groups (broad SMARTS) is 1. The maximum atomic E-state index is 10.5. The molecule has 0 unspecified atom stereocenters. The van der Waals surface area contributed by atoms with Crippen molar-refractivity contribution in [1.29, 1.82) is 0 Å². The molecule has 0 bridgehead atoms. The van der Waals surface area contributed by atoms with Crippen LogP contribution in [0.15, 0.2) is 140 Å². The third-order valence-corrected chi connectivity index (χ3v) is 5.91. The second kappa shape index (κ2) is 18.8. The Hall–Kier alpha value is -4.83. The normalized spacial score (nSPS) is 11.6. The average Bonchev–Trinajstić information content (AvgIpc) is 3.09. The second-order valence-electron chi connectivity index (χ2n) is 9.95. The van der Waals surface area contributed by atoms with E-state index >= 15 is 0 Å². The molecule has 0 fully saturated rings. The molecule has 0 saturated heterocycles. The van der Waals surface area contributed by atoms with Gasteiger partial charge in [0, 0.05) is 62.4 Å². The number of aliphatic carboxylic acids is 1. The molecule has 50 heavy (non-hydrogen) atoms. The summed E-state index contributed by atoms with van der Waals surface area (Å²) in [5.74, 6) is -0.756. The Morgan fingerprint density at radius 1 is 0.580 bits per heavy atom. The molecule has 6 rings (SSSR count). The fourth-order valence-corrected chi connectivity index (χ4v) is 3.88. The van der Waals surface area contributed by atoms with Gasteiger partial charge in [-0.1, -0.05) is 66.7 Å². The van der Waals surface area contributed by atoms with Crippen molar-refractivity contribution in [2.24, 2.45) is 0 Å². The summed E-state index contributed by atoms with van der Waals surface area (Å²) in [6.45, 7) is 0. The molecule has 6 aromatic rings. The quantitative estimate of drug-likeness (QED) is 0.127. The third-order valence-electron chi connectivity index (χ3n) is 5.91. The summed E-state index contributed by atoms with van der Waals surface area (Å²) in [5, 5.41) is 8.60. The summed E-state index contributed by atoms with van der Waals surface area (Å²) in [4.78, 5) is 27.4. The fraction of sp³-hybridized carbons (Fsp3) is 0.0833. The van der Waals surface area contributed by atoms with Crippen LogP contribution in [0.5, 0.6) is 0 Å². The van der Waals surface area contributed by atoms with Crippen LogP contribution in [-0.2, 0) is 31.3 Å². The number of aromatic nitrogens is 4. The van der Waals surface area contributed by atoms with Crippen molar-refractivity contribution < 1.29 is 55.2 Å². The molecular weight excluding hydrogens is 858 g/mol. The van der Waals surface area contributed by atoms with Crippen molar-refractivity contribution in [3.63, 3.8) is 0 Å². The summed E-state index contributed by atoms with van der Waals surface area (Å²) in [7, 11) is -10.7. The van der Waals surface area contributed by atoms with Gasteiger partial charge in [0.15, 0.2) is 0 Å². The van der Waals surface area contributed by atoms with Gasteiger partial charge in [0.1, 0.15) is 0 Å².